The third-order valence-electron chi connectivity index (χ3n) is 6.15. The molecule has 2 amide bonds. The number of methoxy groups -OCH3 is 1. The first-order chi connectivity index (χ1) is 18.1. The van der Waals surface area contributed by atoms with E-state index < -0.39 is 5.41 Å². The summed E-state index contributed by atoms with van der Waals surface area (Å²) in [6.07, 6.45) is 0.660. The Morgan fingerprint density at radius 2 is 2.00 bits per heavy atom. The highest BCUT2D eigenvalue weighted by atomic mass is 35.5. The number of benzene rings is 2. The number of carbonyl (C=O) groups excluding carboxylic acids is 2. The summed E-state index contributed by atoms with van der Waals surface area (Å²) in [7, 11) is 1.61. The van der Waals surface area contributed by atoms with Crippen LogP contribution < -0.4 is 10.2 Å². The summed E-state index contributed by atoms with van der Waals surface area (Å²) >= 11 is 7.75. The summed E-state index contributed by atoms with van der Waals surface area (Å²) < 4.78 is 21.1. The van der Waals surface area contributed by atoms with E-state index in [9.17, 15) is 14.0 Å². The van der Waals surface area contributed by atoms with Crippen LogP contribution in [0.4, 0.5) is 10.2 Å². The van der Waals surface area contributed by atoms with E-state index in [1.165, 1.54) is 28.8 Å². The molecule has 1 aliphatic heterocycles. The van der Waals surface area contributed by atoms with Crippen molar-refractivity contribution in [1.82, 2.24) is 15.1 Å². The fraction of sp³-hybridized carbons (Fsp3) is 0.393. The molecule has 3 aromatic rings. The van der Waals surface area contributed by atoms with E-state index in [4.69, 9.17) is 21.4 Å². The van der Waals surface area contributed by atoms with Gasteiger partial charge in [-0.05, 0) is 42.3 Å². The number of nitrogens with one attached hydrogen (secondary N) is 1. The molecule has 0 bridgehead atoms. The maximum absolute atomic E-state index is 14.4. The van der Waals surface area contributed by atoms with Gasteiger partial charge in [-0.3, -0.25) is 14.5 Å². The minimum Gasteiger partial charge on any atom is -0.385 e. The highest BCUT2D eigenvalue weighted by molar-refractivity contribution is 8.00. The summed E-state index contributed by atoms with van der Waals surface area (Å²) in [5.74, 6) is -0.261. The number of aromatic nitrogens is 2. The first-order valence-corrected chi connectivity index (χ1v) is 13.8. The Labute approximate surface area is 231 Å². The SMILES string of the molecule is COCCCNC(=O)CN1C(=O)CS[C@@H](c2cccc(F)c2)c2c(C(C)(C)C)nn(-c3cccc(Cl)c3)c21. The number of thioether (sulfide) groups is 1. The molecule has 1 atom stereocenters. The van der Waals surface area contributed by atoms with Crippen molar-refractivity contribution in [2.24, 2.45) is 0 Å². The normalized spacial score (nSPS) is 15.8. The lowest BCUT2D eigenvalue weighted by Crippen LogP contribution is -2.42. The van der Waals surface area contributed by atoms with Crippen LogP contribution in [0.5, 0.6) is 0 Å². The molecule has 0 unspecified atom stereocenters. The number of anilines is 1. The number of rotatable bonds is 8. The maximum Gasteiger partial charge on any atom is 0.240 e. The monoisotopic (exact) mass is 558 g/mol. The fourth-order valence-corrected chi connectivity index (χ4v) is 5.81. The molecule has 202 valence electrons. The number of amides is 2. The van der Waals surface area contributed by atoms with Crippen LogP contribution in [0.15, 0.2) is 48.5 Å². The average Bonchev–Trinajstić information content (AvgIpc) is 3.20. The van der Waals surface area contributed by atoms with E-state index in [0.717, 1.165) is 16.8 Å². The third-order valence-corrected chi connectivity index (χ3v) is 7.64. The summed E-state index contributed by atoms with van der Waals surface area (Å²) in [6.45, 7) is 6.92. The third kappa shape index (κ3) is 6.22. The first kappa shape index (κ1) is 28.1. The van der Waals surface area contributed by atoms with Crippen molar-refractivity contribution < 1.29 is 18.7 Å². The van der Waals surface area contributed by atoms with Crippen LogP contribution in [0.2, 0.25) is 5.02 Å². The molecular weight excluding hydrogens is 527 g/mol. The average molecular weight is 559 g/mol. The smallest absolute Gasteiger partial charge is 0.240 e. The molecule has 2 heterocycles. The van der Waals surface area contributed by atoms with Crippen LogP contribution in [0.1, 0.15) is 49.3 Å². The van der Waals surface area contributed by atoms with Crippen LogP contribution in [-0.2, 0) is 19.7 Å². The highest BCUT2D eigenvalue weighted by Gasteiger charge is 2.40. The second kappa shape index (κ2) is 11.9. The molecular formula is C28H32ClFN4O3S. The molecule has 0 spiro atoms. The van der Waals surface area contributed by atoms with Crippen LogP contribution in [0.25, 0.3) is 5.69 Å². The summed E-state index contributed by atoms with van der Waals surface area (Å²) in [4.78, 5) is 28.1. The molecule has 4 rings (SSSR count). The van der Waals surface area contributed by atoms with Gasteiger partial charge in [0.1, 0.15) is 18.2 Å². The molecule has 10 heteroatoms. The lowest BCUT2D eigenvalue weighted by molar-refractivity contribution is -0.122. The Kier molecular flexibility index (Phi) is 8.80. The predicted molar refractivity (Wildman–Crippen MR) is 150 cm³/mol. The Morgan fingerprint density at radius 3 is 2.68 bits per heavy atom. The van der Waals surface area contributed by atoms with Gasteiger partial charge in [0.05, 0.1) is 22.4 Å². The Balaban J connectivity index is 1.91. The molecule has 0 fully saturated rings. The van der Waals surface area contributed by atoms with Crippen molar-refractivity contribution in [3.05, 3.63) is 76.2 Å². The number of hydrogen-bond donors (Lipinski definition) is 1. The fourth-order valence-electron chi connectivity index (χ4n) is 4.44. The molecule has 1 aliphatic rings. The van der Waals surface area contributed by atoms with Crippen molar-refractivity contribution in [2.75, 3.05) is 37.5 Å². The highest BCUT2D eigenvalue weighted by Crippen LogP contribution is 2.48. The van der Waals surface area contributed by atoms with Crippen molar-refractivity contribution in [3.8, 4) is 5.69 Å². The lowest BCUT2D eigenvalue weighted by atomic mass is 9.87. The van der Waals surface area contributed by atoms with Gasteiger partial charge < -0.3 is 10.1 Å². The van der Waals surface area contributed by atoms with Gasteiger partial charge in [-0.2, -0.15) is 5.10 Å². The van der Waals surface area contributed by atoms with Crippen molar-refractivity contribution in [2.45, 2.75) is 37.9 Å². The van der Waals surface area contributed by atoms with E-state index in [-0.39, 0.29) is 35.2 Å². The van der Waals surface area contributed by atoms with E-state index in [1.54, 1.807) is 30.0 Å². The van der Waals surface area contributed by atoms with Gasteiger partial charge in [0.15, 0.2) is 0 Å². The van der Waals surface area contributed by atoms with E-state index in [2.05, 4.69) is 5.32 Å². The number of carbonyl (C=O) groups is 2. The number of hydrogen-bond acceptors (Lipinski definition) is 5. The van der Waals surface area contributed by atoms with Crippen molar-refractivity contribution in [3.63, 3.8) is 0 Å². The van der Waals surface area contributed by atoms with Crippen molar-refractivity contribution in [1.29, 1.82) is 0 Å². The molecule has 1 N–H and O–H groups in total. The van der Waals surface area contributed by atoms with E-state index in [0.29, 0.717) is 36.1 Å². The van der Waals surface area contributed by atoms with Crippen LogP contribution in [0, 0.1) is 5.82 Å². The van der Waals surface area contributed by atoms with Gasteiger partial charge in [0.2, 0.25) is 11.8 Å². The minimum absolute atomic E-state index is 0.117. The summed E-state index contributed by atoms with van der Waals surface area (Å²) in [6, 6.07) is 13.6. The molecule has 38 heavy (non-hydrogen) atoms. The van der Waals surface area contributed by atoms with Gasteiger partial charge in [0.25, 0.3) is 0 Å². The van der Waals surface area contributed by atoms with Crippen molar-refractivity contribution >= 4 is 41.0 Å². The van der Waals surface area contributed by atoms with E-state index >= 15 is 0 Å². The maximum atomic E-state index is 14.4. The van der Waals surface area contributed by atoms with Crippen LogP contribution >= 0.6 is 23.4 Å². The zero-order chi connectivity index (χ0) is 27.4. The second-order valence-electron chi connectivity index (χ2n) is 10.1. The standard InChI is InChI=1S/C28H32ClFN4O3S/c1-28(2,3)26-24-25(18-8-5-10-20(30)14-18)38-17-23(36)33(16-22(35)31-12-7-13-37-4)27(24)34(32-26)21-11-6-9-19(29)15-21/h5-6,8-11,14-15,25H,7,12-13,16-17H2,1-4H3,(H,31,35)/t25-/m0/s1. The van der Waals surface area contributed by atoms with Crippen LogP contribution in [0.3, 0.4) is 0 Å². The lowest BCUT2D eigenvalue weighted by Gasteiger charge is -2.24. The van der Waals surface area contributed by atoms with Gasteiger partial charge in [-0.25, -0.2) is 9.07 Å². The van der Waals surface area contributed by atoms with Gasteiger partial charge in [-0.15, -0.1) is 11.8 Å². The predicted octanol–water partition coefficient (Wildman–Crippen LogP) is 5.28. The second-order valence-corrected chi connectivity index (χ2v) is 11.7. The Bertz CT molecular complexity index is 1320. The molecule has 1 aromatic heterocycles. The summed E-state index contributed by atoms with van der Waals surface area (Å²) in [5.41, 5.74) is 2.51. The van der Waals surface area contributed by atoms with Gasteiger partial charge >= 0.3 is 0 Å². The van der Waals surface area contributed by atoms with Crippen LogP contribution in [-0.4, -0.2) is 54.2 Å². The number of halogens is 2. The molecule has 0 saturated carbocycles. The Hall–Kier alpha value is -2.88. The largest absolute Gasteiger partial charge is 0.385 e. The topological polar surface area (TPSA) is 76.5 Å². The number of nitrogens with zero attached hydrogens (tertiary/aromatic N) is 3. The molecule has 7 nitrogen and oxygen atoms in total. The first-order valence-electron chi connectivity index (χ1n) is 12.4. The van der Waals surface area contributed by atoms with Gasteiger partial charge in [-0.1, -0.05) is 50.6 Å². The molecule has 0 radical (unpaired) electrons. The zero-order valence-electron chi connectivity index (χ0n) is 22.0. The molecule has 0 aliphatic carbocycles. The molecule has 2 aromatic carbocycles. The number of fused-ring (bicyclic) bond motifs is 1. The Morgan fingerprint density at radius 1 is 1.24 bits per heavy atom. The molecule has 0 saturated heterocycles. The zero-order valence-corrected chi connectivity index (χ0v) is 23.5. The minimum atomic E-state index is -0.415. The summed E-state index contributed by atoms with van der Waals surface area (Å²) in [5, 5.41) is 8.02. The van der Waals surface area contributed by atoms with Gasteiger partial charge in [0, 0.05) is 36.3 Å². The van der Waals surface area contributed by atoms with E-state index in [1.807, 2.05) is 39.0 Å². The number of ether oxygens (including phenoxy) is 1. The quantitative estimate of drug-likeness (QED) is 0.380.